The Balaban J connectivity index is 1.21. The minimum Gasteiger partial charge on any atom is -0.367 e. The highest BCUT2D eigenvalue weighted by Gasteiger charge is 2.61. The number of amides is 2. The zero-order valence-electron chi connectivity index (χ0n) is 16.7. The number of halogens is 2. The van der Waals surface area contributed by atoms with Gasteiger partial charge >= 0.3 is 6.03 Å². The monoisotopic (exact) mass is 424 g/mol. The Bertz CT molecular complexity index is 1060. The Hall–Kier alpha value is -3.26. The predicted molar refractivity (Wildman–Crippen MR) is 113 cm³/mol. The van der Waals surface area contributed by atoms with E-state index >= 15 is 0 Å². The van der Waals surface area contributed by atoms with Crippen LogP contribution in [0, 0.1) is 5.92 Å². The van der Waals surface area contributed by atoms with Gasteiger partial charge in [0.15, 0.2) is 5.78 Å². The molecule has 1 aliphatic carbocycles. The fraction of sp³-hybridized carbons (Fsp3) is 0.304. The molecule has 1 aromatic carbocycles. The molecule has 0 radical (unpaired) electrons. The number of fused-ring (bicyclic) bond motifs is 1. The van der Waals surface area contributed by atoms with E-state index in [1.165, 1.54) is 0 Å². The summed E-state index contributed by atoms with van der Waals surface area (Å²) in [6.07, 6.45) is 9.45. The van der Waals surface area contributed by atoms with Gasteiger partial charge in [-0.1, -0.05) is 18.2 Å². The van der Waals surface area contributed by atoms with Crippen molar-refractivity contribution in [2.24, 2.45) is 5.92 Å². The molecule has 8 heteroatoms. The van der Waals surface area contributed by atoms with Crippen LogP contribution in [0.25, 0.3) is 5.57 Å². The molecule has 6 nitrogen and oxygen atoms in total. The SMILES string of the molecule is O=C(C1CC(c2ccc(NC(=O)N3C=C4C=CNC=C4C3)cc2)=CCN1)C1CC1(F)F. The molecule has 1 saturated carbocycles. The maximum absolute atomic E-state index is 13.3. The van der Waals surface area contributed by atoms with Crippen molar-refractivity contribution in [2.45, 2.75) is 24.8 Å². The number of dihydropyridines is 1. The average Bonchev–Trinajstić information content (AvgIpc) is 3.21. The van der Waals surface area contributed by atoms with Crippen molar-refractivity contribution in [3.8, 4) is 0 Å². The molecule has 4 aliphatic rings. The number of allylic oxidation sites excluding steroid dienone is 1. The number of carbonyl (C=O) groups is 2. The van der Waals surface area contributed by atoms with Gasteiger partial charge in [0.2, 0.25) is 0 Å². The van der Waals surface area contributed by atoms with E-state index in [9.17, 15) is 18.4 Å². The molecule has 2 amide bonds. The summed E-state index contributed by atoms with van der Waals surface area (Å²) in [6, 6.07) is 6.55. The molecule has 3 aliphatic heterocycles. The number of carbonyl (C=O) groups excluding carboxylic acids is 2. The van der Waals surface area contributed by atoms with Gasteiger partial charge in [-0.15, -0.1) is 0 Å². The topological polar surface area (TPSA) is 73.5 Å². The molecule has 5 rings (SSSR count). The normalized spacial score (nSPS) is 25.6. The van der Waals surface area contributed by atoms with Gasteiger partial charge in [0.25, 0.3) is 5.92 Å². The first-order valence-corrected chi connectivity index (χ1v) is 10.3. The number of anilines is 1. The Kier molecular flexibility index (Phi) is 4.74. The third kappa shape index (κ3) is 3.90. The number of benzene rings is 1. The van der Waals surface area contributed by atoms with Crippen LogP contribution in [0.1, 0.15) is 18.4 Å². The molecule has 3 heterocycles. The van der Waals surface area contributed by atoms with Crippen molar-refractivity contribution in [1.82, 2.24) is 15.5 Å². The molecule has 2 unspecified atom stereocenters. The molecule has 2 atom stereocenters. The Morgan fingerprint density at radius 1 is 1.16 bits per heavy atom. The van der Waals surface area contributed by atoms with E-state index in [1.807, 2.05) is 42.9 Å². The zero-order chi connectivity index (χ0) is 21.6. The van der Waals surface area contributed by atoms with Crippen LogP contribution in [0.2, 0.25) is 0 Å². The van der Waals surface area contributed by atoms with Crippen molar-refractivity contribution in [2.75, 3.05) is 18.4 Å². The summed E-state index contributed by atoms with van der Waals surface area (Å²) < 4.78 is 26.5. The van der Waals surface area contributed by atoms with Gasteiger partial charge < -0.3 is 16.0 Å². The fourth-order valence-electron chi connectivity index (χ4n) is 4.13. The first-order chi connectivity index (χ1) is 14.9. The number of hydrogen-bond donors (Lipinski definition) is 3. The van der Waals surface area contributed by atoms with E-state index in [4.69, 9.17) is 0 Å². The first-order valence-electron chi connectivity index (χ1n) is 10.3. The number of alkyl halides is 2. The number of rotatable bonds is 4. The van der Waals surface area contributed by atoms with Gasteiger partial charge in [-0.2, -0.15) is 0 Å². The Morgan fingerprint density at radius 2 is 1.94 bits per heavy atom. The van der Waals surface area contributed by atoms with E-state index < -0.39 is 23.7 Å². The summed E-state index contributed by atoms with van der Waals surface area (Å²) in [5.41, 5.74) is 4.58. The van der Waals surface area contributed by atoms with Crippen molar-refractivity contribution in [1.29, 1.82) is 0 Å². The molecule has 1 fully saturated rings. The maximum Gasteiger partial charge on any atom is 0.326 e. The van der Waals surface area contributed by atoms with E-state index in [2.05, 4.69) is 16.0 Å². The third-order valence-corrected chi connectivity index (χ3v) is 6.04. The second-order valence-electron chi connectivity index (χ2n) is 8.20. The Labute approximate surface area is 178 Å². The number of nitrogens with zero attached hydrogens (tertiary/aromatic N) is 1. The van der Waals surface area contributed by atoms with Gasteiger partial charge in [-0.3, -0.25) is 9.69 Å². The summed E-state index contributed by atoms with van der Waals surface area (Å²) in [4.78, 5) is 26.5. The van der Waals surface area contributed by atoms with Gasteiger partial charge in [0.05, 0.1) is 18.5 Å². The van der Waals surface area contributed by atoms with Crippen LogP contribution in [-0.4, -0.2) is 41.8 Å². The average molecular weight is 424 g/mol. The maximum atomic E-state index is 13.3. The summed E-state index contributed by atoms with van der Waals surface area (Å²) in [6.45, 7) is 0.969. The standard InChI is InChI=1S/C23H22F2N4O2/c24-23(25)10-19(23)21(30)20-9-15(6-8-27-20)14-1-3-18(4-2-14)28-22(31)29-12-16-5-7-26-11-17(16)13-29/h1-7,11-12,19-20,26-27H,8-10,13H2,(H,28,31). The minimum absolute atomic E-state index is 0.221. The molecular formula is C23H22F2N4O2. The van der Waals surface area contributed by atoms with E-state index in [0.717, 1.165) is 22.3 Å². The van der Waals surface area contributed by atoms with E-state index in [0.29, 0.717) is 25.2 Å². The third-order valence-electron chi connectivity index (χ3n) is 6.04. The molecule has 0 spiro atoms. The number of hydrogen-bond acceptors (Lipinski definition) is 4. The lowest BCUT2D eigenvalue weighted by Crippen LogP contribution is -2.41. The summed E-state index contributed by atoms with van der Waals surface area (Å²) in [7, 11) is 0. The van der Waals surface area contributed by atoms with Gasteiger partial charge in [0, 0.05) is 37.3 Å². The molecule has 0 saturated heterocycles. The zero-order valence-corrected chi connectivity index (χ0v) is 16.7. The number of nitrogens with one attached hydrogen (secondary N) is 3. The van der Waals surface area contributed by atoms with Crippen LogP contribution >= 0.6 is 0 Å². The molecule has 0 aromatic heterocycles. The summed E-state index contributed by atoms with van der Waals surface area (Å²) in [5.74, 6) is -4.39. The lowest BCUT2D eigenvalue weighted by molar-refractivity contribution is -0.124. The van der Waals surface area contributed by atoms with Gasteiger partial charge in [-0.05, 0) is 46.9 Å². The van der Waals surface area contributed by atoms with Crippen LogP contribution in [0.15, 0.2) is 66.2 Å². The molecule has 160 valence electrons. The lowest BCUT2D eigenvalue weighted by Gasteiger charge is -2.23. The molecule has 1 aromatic rings. The van der Waals surface area contributed by atoms with Gasteiger partial charge in [-0.25, -0.2) is 13.6 Å². The van der Waals surface area contributed by atoms with Crippen molar-refractivity contribution in [3.63, 3.8) is 0 Å². The van der Waals surface area contributed by atoms with Crippen LogP contribution in [0.3, 0.4) is 0 Å². The molecule has 0 bridgehead atoms. The second-order valence-corrected chi connectivity index (χ2v) is 8.20. The van der Waals surface area contributed by atoms with Crippen LogP contribution in [0.5, 0.6) is 0 Å². The number of ketones is 1. The predicted octanol–water partition coefficient (Wildman–Crippen LogP) is 3.39. The largest absolute Gasteiger partial charge is 0.367 e. The first kappa shape index (κ1) is 19.7. The van der Waals surface area contributed by atoms with Crippen molar-refractivity contribution >= 4 is 23.1 Å². The van der Waals surface area contributed by atoms with Crippen LogP contribution in [0.4, 0.5) is 19.3 Å². The van der Waals surface area contributed by atoms with E-state index in [1.54, 1.807) is 17.0 Å². The number of urea groups is 1. The molecule has 3 N–H and O–H groups in total. The quantitative estimate of drug-likeness (QED) is 0.693. The van der Waals surface area contributed by atoms with E-state index in [-0.39, 0.29) is 12.5 Å². The lowest BCUT2D eigenvalue weighted by atomic mass is 9.92. The summed E-state index contributed by atoms with van der Waals surface area (Å²) in [5, 5.41) is 8.93. The van der Waals surface area contributed by atoms with Gasteiger partial charge in [0.1, 0.15) is 0 Å². The highest BCUT2D eigenvalue weighted by atomic mass is 19.3. The minimum atomic E-state index is -2.84. The summed E-state index contributed by atoms with van der Waals surface area (Å²) >= 11 is 0. The van der Waals surface area contributed by atoms with Crippen LogP contribution < -0.4 is 16.0 Å². The Morgan fingerprint density at radius 3 is 2.65 bits per heavy atom. The highest BCUT2D eigenvalue weighted by molar-refractivity contribution is 5.93. The number of Topliss-reactive ketones (excluding diaryl/α,β-unsaturated/α-hetero) is 1. The van der Waals surface area contributed by atoms with Crippen LogP contribution in [-0.2, 0) is 4.79 Å². The fourth-order valence-corrected chi connectivity index (χ4v) is 4.13. The smallest absolute Gasteiger partial charge is 0.326 e. The molecular weight excluding hydrogens is 402 g/mol. The highest BCUT2D eigenvalue weighted by Crippen LogP contribution is 2.50. The van der Waals surface area contributed by atoms with Crippen molar-refractivity contribution < 1.29 is 18.4 Å². The second kappa shape index (κ2) is 7.46. The molecule has 31 heavy (non-hydrogen) atoms. The van der Waals surface area contributed by atoms with Crippen molar-refractivity contribution in [3.05, 3.63) is 71.7 Å².